The molecule has 0 aliphatic heterocycles. The van der Waals surface area contributed by atoms with Gasteiger partial charge in [0, 0.05) is 17.4 Å². The summed E-state index contributed by atoms with van der Waals surface area (Å²) in [5.41, 5.74) is 1.69. The number of ether oxygens (including phenoxy) is 3. The SMILES string of the molecule is Cc1ccc(COC(O)C(CCCCNCc2ccc(Br)cc2)NC(=O)NC(CCC(=O)OC(C)(C)C)C(=O)OC(C)(C)C)cc1. The molecule has 0 spiro atoms. The van der Waals surface area contributed by atoms with Crippen molar-refractivity contribution < 1.29 is 33.7 Å². The second-order valence-corrected chi connectivity index (χ2v) is 14.3. The van der Waals surface area contributed by atoms with Gasteiger partial charge in [-0.25, -0.2) is 9.59 Å². The zero-order valence-corrected chi connectivity index (χ0v) is 29.9. The third kappa shape index (κ3) is 17.1. The zero-order valence-electron chi connectivity index (χ0n) is 28.3. The summed E-state index contributed by atoms with van der Waals surface area (Å²) in [7, 11) is 0. The molecule has 0 bridgehead atoms. The molecule has 0 heterocycles. The third-order valence-corrected chi connectivity index (χ3v) is 7.15. The number of urea groups is 1. The number of nitrogens with one attached hydrogen (secondary N) is 3. The molecule has 0 aromatic heterocycles. The summed E-state index contributed by atoms with van der Waals surface area (Å²) >= 11 is 3.44. The van der Waals surface area contributed by atoms with Gasteiger partial charge >= 0.3 is 18.0 Å². The van der Waals surface area contributed by atoms with E-state index in [2.05, 4.69) is 44.0 Å². The summed E-state index contributed by atoms with van der Waals surface area (Å²) in [6, 6.07) is 13.3. The Hall–Kier alpha value is -2.99. The van der Waals surface area contributed by atoms with Crippen LogP contribution in [0.2, 0.25) is 0 Å². The fourth-order valence-corrected chi connectivity index (χ4v) is 4.63. The second-order valence-electron chi connectivity index (χ2n) is 13.4. The lowest BCUT2D eigenvalue weighted by atomic mass is 10.1. The molecule has 2 rings (SSSR count). The van der Waals surface area contributed by atoms with Crippen molar-refractivity contribution in [2.45, 2.75) is 123 Å². The Balaban J connectivity index is 2.03. The molecule has 0 fully saturated rings. The lowest BCUT2D eigenvalue weighted by Gasteiger charge is -2.27. The van der Waals surface area contributed by atoms with Crippen LogP contribution < -0.4 is 16.0 Å². The normalized spacial score (nSPS) is 13.8. The molecule has 46 heavy (non-hydrogen) atoms. The summed E-state index contributed by atoms with van der Waals surface area (Å²) < 4.78 is 17.7. The van der Waals surface area contributed by atoms with Gasteiger partial charge in [-0.05, 0) is 104 Å². The average Bonchev–Trinajstić information content (AvgIpc) is 2.95. The molecule has 11 heteroatoms. The van der Waals surface area contributed by atoms with Gasteiger partial charge in [0.2, 0.25) is 0 Å². The van der Waals surface area contributed by atoms with Crippen LogP contribution in [0.1, 0.15) is 90.3 Å². The van der Waals surface area contributed by atoms with Gasteiger partial charge < -0.3 is 35.3 Å². The lowest BCUT2D eigenvalue weighted by Crippen LogP contribution is -2.53. The van der Waals surface area contributed by atoms with Crippen molar-refractivity contribution in [1.82, 2.24) is 16.0 Å². The number of aryl methyl sites for hydroxylation is 1. The number of hydrogen-bond donors (Lipinski definition) is 4. The van der Waals surface area contributed by atoms with E-state index in [0.29, 0.717) is 12.8 Å². The number of esters is 2. The smallest absolute Gasteiger partial charge is 0.329 e. The molecule has 3 unspecified atom stereocenters. The highest BCUT2D eigenvalue weighted by atomic mass is 79.9. The summed E-state index contributed by atoms with van der Waals surface area (Å²) in [6.45, 7) is 14.1. The van der Waals surface area contributed by atoms with Crippen molar-refractivity contribution in [2.75, 3.05) is 6.54 Å². The molecular weight excluding hydrogens is 654 g/mol. The van der Waals surface area contributed by atoms with Crippen molar-refractivity contribution in [2.24, 2.45) is 0 Å². The summed E-state index contributed by atoms with van der Waals surface area (Å²) in [4.78, 5) is 38.6. The minimum absolute atomic E-state index is 0.0154. The number of amides is 2. The van der Waals surface area contributed by atoms with E-state index in [4.69, 9.17) is 14.2 Å². The van der Waals surface area contributed by atoms with Gasteiger partial charge in [-0.1, -0.05) is 57.9 Å². The van der Waals surface area contributed by atoms with E-state index in [0.717, 1.165) is 35.1 Å². The number of benzene rings is 2. The van der Waals surface area contributed by atoms with E-state index in [1.165, 1.54) is 5.56 Å². The lowest BCUT2D eigenvalue weighted by molar-refractivity contribution is -0.158. The van der Waals surface area contributed by atoms with Crippen LogP contribution in [0.4, 0.5) is 4.79 Å². The standard InChI is InChI=1S/C35H52BrN3O7/c1-24-11-13-26(14-12-24)23-44-31(41)28(10-8-9-21-37-22-25-15-17-27(36)18-16-25)38-33(43)39-29(32(42)46-35(5,6)7)19-20-30(40)45-34(2,3)4/h11-18,28-29,31,37,41H,8-10,19-23H2,1-7H3,(H2,38,39,43). The number of aliphatic hydroxyl groups excluding tert-OH is 1. The highest BCUT2D eigenvalue weighted by Crippen LogP contribution is 2.15. The highest BCUT2D eigenvalue weighted by Gasteiger charge is 2.30. The Morgan fingerprint density at radius 1 is 0.826 bits per heavy atom. The fourth-order valence-electron chi connectivity index (χ4n) is 4.36. The Morgan fingerprint density at radius 3 is 2.04 bits per heavy atom. The van der Waals surface area contributed by atoms with Crippen LogP contribution in [0.15, 0.2) is 53.0 Å². The van der Waals surface area contributed by atoms with Gasteiger partial charge in [-0.15, -0.1) is 0 Å². The molecule has 4 N–H and O–H groups in total. The Bertz CT molecular complexity index is 1220. The maximum atomic E-state index is 13.2. The largest absolute Gasteiger partial charge is 0.460 e. The minimum atomic E-state index is -1.30. The van der Waals surface area contributed by atoms with Crippen molar-refractivity contribution in [3.05, 3.63) is 69.7 Å². The van der Waals surface area contributed by atoms with E-state index >= 15 is 0 Å². The van der Waals surface area contributed by atoms with E-state index in [1.54, 1.807) is 41.5 Å². The minimum Gasteiger partial charge on any atom is -0.460 e. The maximum absolute atomic E-state index is 13.2. The summed E-state index contributed by atoms with van der Waals surface area (Å²) in [5.74, 6) is -1.16. The van der Waals surface area contributed by atoms with Gasteiger partial charge in [0.1, 0.15) is 17.2 Å². The number of halogens is 1. The Labute approximate surface area is 282 Å². The van der Waals surface area contributed by atoms with Crippen molar-refractivity contribution >= 4 is 33.9 Å². The monoisotopic (exact) mass is 705 g/mol. The summed E-state index contributed by atoms with van der Waals surface area (Å²) in [5, 5.41) is 19.8. The maximum Gasteiger partial charge on any atom is 0.329 e. The first kappa shape index (κ1) is 39.2. The Morgan fingerprint density at radius 2 is 1.43 bits per heavy atom. The molecular formula is C35H52BrN3O7. The van der Waals surface area contributed by atoms with E-state index < -0.39 is 47.5 Å². The molecule has 256 valence electrons. The van der Waals surface area contributed by atoms with Crippen LogP contribution in [0.5, 0.6) is 0 Å². The van der Waals surface area contributed by atoms with Gasteiger partial charge in [0.25, 0.3) is 0 Å². The zero-order chi connectivity index (χ0) is 34.3. The molecule has 0 aliphatic carbocycles. The number of aliphatic hydroxyl groups is 1. The van der Waals surface area contributed by atoms with Crippen molar-refractivity contribution in [3.8, 4) is 0 Å². The molecule has 10 nitrogen and oxygen atoms in total. The number of unbranched alkanes of at least 4 members (excludes halogenated alkanes) is 1. The topological polar surface area (TPSA) is 135 Å². The van der Waals surface area contributed by atoms with Crippen LogP contribution in [-0.4, -0.2) is 59.2 Å². The molecule has 0 radical (unpaired) electrons. The molecule has 2 amide bonds. The average molecular weight is 707 g/mol. The van der Waals surface area contributed by atoms with Crippen molar-refractivity contribution in [3.63, 3.8) is 0 Å². The predicted octanol–water partition coefficient (Wildman–Crippen LogP) is 6.05. The van der Waals surface area contributed by atoms with Crippen LogP contribution in [-0.2, 0) is 37.0 Å². The summed E-state index contributed by atoms with van der Waals surface area (Å²) in [6.07, 6.45) is 0.509. The molecule has 0 saturated carbocycles. The van der Waals surface area contributed by atoms with Crippen LogP contribution in [0, 0.1) is 6.92 Å². The van der Waals surface area contributed by atoms with E-state index in [9.17, 15) is 19.5 Å². The molecule has 0 aliphatic rings. The first-order valence-corrected chi connectivity index (χ1v) is 16.6. The molecule has 3 atom stereocenters. The van der Waals surface area contributed by atoms with Gasteiger partial charge in [0.15, 0.2) is 6.29 Å². The number of carbonyl (C=O) groups is 3. The van der Waals surface area contributed by atoms with Crippen LogP contribution in [0.3, 0.4) is 0 Å². The molecule has 2 aromatic rings. The van der Waals surface area contributed by atoms with Gasteiger partial charge in [0.05, 0.1) is 12.6 Å². The predicted molar refractivity (Wildman–Crippen MR) is 182 cm³/mol. The van der Waals surface area contributed by atoms with Gasteiger partial charge in [-0.2, -0.15) is 0 Å². The highest BCUT2D eigenvalue weighted by molar-refractivity contribution is 9.10. The number of hydrogen-bond acceptors (Lipinski definition) is 8. The fraction of sp³-hybridized carbons (Fsp3) is 0.571. The molecule has 2 aromatic carbocycles. The first-order valence-electron chi connectivity index (χ1n) is 15.8. The van der Waals surface area contributed by atoms with Crippen LogP contribution in [0.25, 0.3) is 0 Å². The van der Waals surface area contributed by atoms with E-state index in [-0.39, 0.29) is 19.4 Å². The molecule has 0 saturated heterocycles. The first-order chi connectivity index (χ1) is 21.5. The van der Waals surface area contributed by atoms with E-state index in [1.807, 2.05) is 43.3 Å². The quantitative estimate of drug-likeness (QED) is 0.0888. The Kier molecular flexibility index (Phi) is 16.2. The van der Waals surface area contributed by atoms with Gasteiger partial charge in [-0.3, -0.25) is 4.79 Å². The van der Waals surface area contributed by atoms with Crippen LogP contribution >= 0.6 is 15.9 Å². The third-order valence-electron chi connectivity index (χ3n) is 6.62. The number of rotatable bonds is 17. The second kappa shape index (κ2) is 19.0. The number of carbonyl (C=O) groups excluding carboxylic acids is 3. The van der Waals surface area contributed by atoms with Crippen molar-refractivity contribution in [1.29, 1.82) is 0 Å².